The minimum atomic E-state index is -4.71. The van der Waals surface area contributed by atoms with E-state index in [1.165, 1.54) is 0 Å². The Kier molecular flexibility index (Phi) is 6.88. The van der Waals surface area contributed by atoms with Crippen molar-refractivity contribution < 1.29 is 21.6 Å². The molecule has 0 aliphatic heterocycles. The molecule has 1 aromatic carbocycles. The molecule has 9 heteroatoms. The second-order valence-corrected chi connectivity index (χ2v) is 7.45. The molecule has 0 aliphatic rings. The molecule has 4 nitrogen and oxygen atoms in total. The Balaban J connectivity index is 2.85. The van der Waals surface area contributed by atoms with Crippen LogP contribution in [0.2, 0.25) is 5.02 Å². The molecule has 1 rings (SSSR count). The topological polar surface area (TPSA) is 49.4 Å². The van der Waals surface area contributed by atoms with Crippen molar-refractivity contribution >= 4 is 21.6 Å². The number of hydrogen-bond acceptors (Lipinski definition) is 3. The molecule has 132 valence electrons. The lowest BCUT2D eigenvalue weighted by Crippen LogP contribution is -2.37. The largest absolute Gasteiger partial charge is 0.417 e. The molecule has 0 amide bonds. The molecule has 1 N–H and O–H groups in total. The minimum absolute atomic E-state index is 0.104. The smallest absolute Gasteiger partial charge is 0.302 e. The van der Waals surface area contributed by atoms with Crippen molar-refractivity contribution in [3.05, 3.63) is 28.8 Å². The summed E-state index contributed by atoms with van der Waals surface area (Å²) in [7, 11) is -2.17. The van der Waals surface area contributed by atoms with Gasteiger partial charge in [0.25, 0.3) is 0 Å². The highest BCUT2D eigenvalue weighted by Crippen LogP contribution is 2.35. The first-order chi connectivity index (χ1) is 10.5. The van der Waals surface area contributed by atoms with Crippen LogP contribution in [0.25, 0.3) is 0 Å². The lowest BCUT2D eigenvalue weighted by atomic mass is 10.2. The fourth-order valence-corrected chi connectivity index (χ4v) is 3.13. The van der Waals surface area contributed by atoms with E-state index in [0.717, 1.165) is 18.6 Å². The average molecular weight is 373 g/mol. The molecule has 0 spiro atoms. The molecule has 0 bridgehead atoms. The number of benzene rings is 1. The number of nitrogens with one attached hydrogen (secondary N) is 1. The highest BCUT2D eigenvalue weighted by Gasteiger charge is 2.34. The molecule has 23 heavy (non-hydrogen) atoms. The van der Waals surface area contributed by atoms with Gasteiger partial charge in [0.15, 0.2) is 0 Å². The van der Waals surface area contributed by atoms with Gasteiger partial charge >= 0.3 is 6.18 Å². The Hall–Kier alpha value is -0.830. The number of halogens is 4. The van der Waals surface area contributed by atoms with E-state index >= 15 is 0 Å². The SMILES string of the molecule is CCC(C)N(C)CCNS(=O)(=O)c1ccc(Cl)c(C(F)(F)F)c1. The zero-order valence-electron chi connectivity index (χ0n) is 13.1. The maximum Gasteiger partial charge on any atom is 0.417 e. The Morgan fingerprint density at radius 1 is 1.35 bits per heavy atom. The molecule has 0 aliphatic carbocycles. The normalized spacial score (nSPS) is 14.3. The zero-order chi connectivity index (χ0) is 17.8. The first-order valence-electron chi connectivity index (χ1n) is 7.05. The Morgan fingerprint density at radius 3 is 2.48 bits per heavy atom. The lowest BCUT2D eigenvalue weighted by molar-refractivity contribution is -0.137. The predicted octanol–water partition coefficient (Wildman–Crippen LogP) is 3.37. The number of alkyl halides is 3. The second kappa shape index (κ2) is 7.83. The van der Waals surface area contributed by atoms with E-state index in [-0.39, 0.29) is 12.6 Å². The van der Waals surface area contributed by atoms with Gasteiger partial charge in [-0.2, -0.15) is 13.2 Å². The molecule has 0 radical (unpaired) electrons. The summed E-state index contributed by atoms with van der Waals surface area (Å²) in [6, 6.07) is 2.82. The van der Waals surface area contributed by atoms with Crippen LogP contribution in [0.4, 0.5) is 13.2 Å². The minimum Gasteiger partial charge on any atom is -0.302 e. The Morgan fingerprint density at radius 2 is 1.96 bits per heavy atom. The standard InChI is InChI=1S/C14H20ClF3N2O2S/c1-4-10(2)20(3)8-7-19-23(21,22)11-5-6-13(15)12(9-11)14(16,17)18/h5-6,9-10,19H,4,7-8H2,1-3H3. The van der Waals surface area contributed by atoms with Gasteiger partial charge in [-0.3, -0.25) is 0 Å². The van der Waals surface area contributed by atoms with E-state index in [1.54, 1.807) is 0 Å². The number of sulfonamides is 1. The molecule has 0 saturated heterocycles. The van der Waals surface area contributed by atoms with Crippen LogP contribution >= 0.6 is 11.6 Å². The summed E-state index contributed by atoms with van der Waals surface area (Å²) < 4.78 is 64.9. The van der Waals surface area contributed by atoms with Crippen LogP contribution in [0, 0.1) is 0 Å². The summed E-state index contributed by atoms with van der Waals surface area (Å²) in [4.78, 5) is 1.51. The summed E-state index contributed by atoms with van der Waals surface area (Å²) in [6.45, 7) is 4.57. The Labute approximate surface area is 139 Å². The maximum atomic E-state index is 12.8. The predicted molar refractivity (Wildman–Crippen MR) is 84.0 cm³/mol. The van der Waals surface area contributed by atoms with E-state index in [2.05, 4.69) is 4.72 Å². The third kappa shape index (κ3) is 5.63. The van der Waals surface area contributed by atoms with Gasteiger partial charge in [0.2, 0.25) is 10.0 Å². The van der Waals surface area contributed by atoms with Gasteiger partial charge in [-0.1, -0.05) is 18.5 Å². The molecule has 0 aromatic heterocycles. The van der Waals surface area contributed by atoms with Crippen LogP contribution in [-0.2, 0) is 16.2 Å². The van der Waals surface area contributed by atoms with Crippen LogP contribution in [-0.4, -0.2) is 39.5 Å². The summed E-state index contributed by atoms with van der Waals surface area (Å²) in [5, 5.41) is -0.534. The number of likely N-dealkylation sites (N-methyl/N-ethyl adjacent to an activating group) is 1. The molecular weight excluding hydrogens is 353 g/mol. The fourth-order valence-electron chi connectivity index (χ4n) is 1.86. The van der Waals surface area contributed by atoms with E-state index in [1.807, 2.05) is 25.8 Å². The van der Waals surface area contributed by atoms with Crippen molar-refractivity contribution in [1.29, 1.82) is 0 Å². The van der Waals surface area contributed by atoms with Crippen LogP contribution in [0.5, 0.6) is 0 Å². The molecule has 0 heterocycles. The summed E-state index contributed by atoms with van der Waals surface area (Å²) >= 11 is 5.49. The van der Waals surface area contributed by atoms with Crippen molar-refractivity contribution in [2.24, 2.45) is 0 Å². The lowest BCUT2D eigenvalue weighted by Gasteiger charge is -2.23. The molecule has 0 fully saturated rings. The van der Waals surface area contributed by atoms with Gasteiger partial charge in [-0.25, -0.2) is 13.1 Å². The van der Waals surface area contributed by atoms with Crippen LogP contribution in [0.15, 0.2) is 23.1 Å². The molecule has 0 saturated carbocycles. The maximum absolute atomic E-state index is 12.8. The van der Waals surface area contributed by atoms with E-state index in [0.29, 0.717) is 12.6 Å². The van der Waals surface area contributed by atoms with E-state index < -0.39 is 31.7 Å². The summed E-state index contributed by atoms with van der Waals surface area (Å²) in [5.41, 5.74) is -1.17. The van der Waals surface area contributed by atoms with Crippen molar-refractivity contribution in [2.75, 3.05) is 20.1 Å². The van der Waals surface area contributed by atoms with Gasteiger partial charge in [0, 0.05) is 19.1 Å². The first kappa shape index (κ1) is 20.2. The van der Waals surface area contributed by atoms with Gasteiger partial charge in [-0.05, 0) is 38.6 Å². The highest BCUT2D eigenvalue weighted by molar-refractivity contribution is 7.89. The van der Waals surface area contributed by atoms with Crippen molar-refractivity contribution in [3.63, 3.8) is 0 Å². The summed E-state index contributed by atoms with van der Waals surface area (Å²) in [6.07, 6.45) is -3.80. The van der Waals surface area contributed by atoms with Crippen molar-refractivity contribution in [3.8, 4) is 0 Å². The van der Waals surface area contributed by atoms with Gasteiger partial charge < -0.3 is 4.90 Å². The van der Waals surface area contributed by atoms with E-state index in [4.69, 9.17) is 11.6 Å². The first-order valence-corrected chi connectivity index (χ1v) is 8.91. The molecular formula is C14H20ClF3N2O2S. The van der Waals surface area contributed by atoms with Crippen molar-refractivity contribution in [1.82, 2.24) is 9.62 Å². The number of nitrogens with zero attached hydrogens (tertiary/aromatic N) is 1. The van der Waals surface area contributed by atoms with Crippen LogP contribution < -0.4 is 4.72 Å². The monoisotopic (exact) mass is 372 g/mol. The number of hydrogen-bond donors (Lipinski definition) is 1. The molecule has 1 atom stereocenters. The number of rotatable bonds is 7. The Bertz CT molecular complexity index is 635. The van der Waals surface area contributed by atoms with Gasteiger partial charge in [0.1, 0.15) is 0 Å². The van der Waals surface area contributed by atoms with Gasteiger partial charge in [-0.15, -0.1) is 0 Å². The zero-order valence-corrected chi connectivity index (χ0v) is 14.7. The summed E-state index contributed by atoms with van der Waals surface area (Å²) in [5.74, 6) is 0. The average Bonchev–Trinajstić information content (AvgIpc) is 2.45. The third-order valence-electron chi connectivity index (χ3n) is 3.65. The molecule has 1 aromatic rings. The molecule has 1 unspecified atom stereocenters. The van der Waals surface area contributed by atoms with Crippen molar-refractivity contribution in [2.45, 2.75) is 37.4 Å². The second-order valence-electron chi connectivity index (χ2n) is 5.28. The van der Waals surface area contributed by atoms with E-state index in [9.17, 15) is 21.6 Å². The van der Waals surface area contributed by atoms with Crippen LogP contribution in [0.1, 0.15) is 25.8 Å². The van der Waals surface area contributed by atoms with Gasteiger partial charge in [0.05, 0.1) is 15.5 Å². The quantitative estimate of drug-likeness (QED) is 0.798. The highest BCUT2D eigenvalue weighted by atomic mass is 35.5. The van der Waals surface area contributed by atoms with Crippen LogP contribution in [0.3, 0.4) is 0 Å². The fraction of sp³-hybridized carbons (Fsp3) is 0.571. The third-order valence-corrected chi connectivity index (χ3v) is 5.44.